The summed E-state index contributed by atoms with van der Waals surface area (Å²) in [5.41, 5.74) is 1.04. The molecule has 0 amide bonds. The molecule has 0 aromatic heterocycles. The van der Waals surface area contributed by atoms with Crippen molar-refractivity contribution in [3.63, 3.8) is 0 Å². The summed E-state index contributed by atoms with van der Waals surface area (Å²) < 4.78 is 19.9. The Bertz CT molecular complexity index is 683. The van der Waals surface area contributed by atoms with Crippen molar-refractivity contribution in [2.45, 2.75) is 6.61 Å². The third kappa shape index (κ3) is 4.43. The van der Waals surface area contributed by atoms with Crippen LogP contribution in [-0.2, 0) is 11.4 Å². The van der Waals surface area contributed by atoms with Crippen LogP contribution in [-0.4, -0.2) is 11.1 Å². The molecule has 3 nitrogen and oxygen atoms in total. The SMILES string of the molecule is O=C(O)/C=C/c1cc(Br)ccc1OCc1ccccc1F. The highest BCUT2D eigenvalue weighted by atomic mass is 79.9. The minimum absolute atomic E-state index is 0.0716. The van der Waals surface area contributed by atoms with E-state index in [1.807, 2.05) is 0 Å². The second kappa shape index (κ2) is 7.04. The number of ether oxygens (including phenoxy) is 1. The number of rotatable bonds is 5. The van der Waals surface area contributed by atoms with Gasteiger partial charge in [0.15, 0.2) is 0 Å². The Labute approximate surface area is 129 Å². The molecule has 0 unspecified atom stereocenters. The minimum atomic E-state index is -1.05. The lowest BCUT2D eigenvalue weighted by molar-refractivity contribution is -0.131. The number of benzene rings is 2. The lowest BCUT2D eigenvalue weighted by atomic mass is 10.2. The van der Waals surface area contributed by atoms with Crippen LogP contribution in [0.5, 0.6) is 5.75 Å². The lowest BCUT2D eigenvalue weighted by Gasteiger charge is -2.10. The summed E-state index contributed by atoms with van der Waals surface area (Å²) in [5.74, 6) is -0.897. The van der Waals surface area contributed by atoms with Crippen LogP contribution in [0.25, 0.3) is 6.08 Å². The van der Waals surface area contributed by atoms with Gasteiger partial charge < -0.3 is 9.84 Å². The highest BCUT2D eigenvalue weighted by Gasteiger charge is 2.06. The fraction of sp³-hybridized carbons (Fsp3) is 0.0625. The second-order valence-corrected chi connectivity index (χ2v) is 5.15. The zero-order valence-electron chi connectivity index (χ0n) is 10.9. The van der Waals surface area contributed by atoms with E-state index < -0.39 is 5.97 Å². The van der Waals surface area contributed by atoms with E-state index in [2.05, 4.69) is 15.9 Å². The van der Waals surface area contributed by atoms with Gasteiger partial charge in [0.05, 0.1) is 0 Å². The molecular formula is C16H12BrFO3. The first-order chi connectivity index (χ1) is 10.1. The summed E-state index contributed by atoms with van der Waals surface area (Å²) in [6.07, 6.45) is 2.46. The van der Waals surface area contributed by atoms with E-state index >= 15 is 0 Å². The van der Waals surface area contributed by atoms with Gasteiger partial charge in [-0.25, -0.2) is 9.18 Å². The predicted molar refractivity (Wildman–Crippen MR) is 81.5 cm³/mol. The average Bonchev–Trinajstić information content (AvgIpc) is 2.45. The van der Waals surface area contributed by atoms with Crippen molar-refractivity contribution in [2.24, 2.45) is 0 Å². The number of hydrogen-bond acceptors (Lipinski definition) is 2. The number of aliphatic carboxylic acids is 1. The molecule has 0 saturated carbocycles. The van der Waals surface area contributed by atoms with Crippen molar-refractivity contribution in [3.8, 4) is 5.75 Å². The average molecular weight is 351 g/mol. The largest absolute Gasteiger partial charge is 0.488 e. The molecule has 0 spiro atoms. The quantitative estimate of drug-likeness (QED) is 0.819. The van der Waals surface area contributed by atoms with Gasteiger partial charge in [0.2, 0.25) is 0 Å². The molecule has 0 bridgehead atoms. The monoisotopic (exact) mass is 350 g/mol. The molecule has 1 N–H and O–H groups in total. The number of hydrogen-bond donors (Lipinski definition) is 1. The van der Waals surface area contributed by atoms with Gasteiger partial charge in [-0.1, -0.05) is 34.1 Å². The highest BCUT2D eigenvalue weighted by molar-refractivity contribution is 9.10. The molecule has 108 valence electrons. The third-order valence-corrected chi connectivity index (χ3v) is 3.21. The minimum Gasteiger partial charge on any atom is -0.488 e. The first-order valence-electron chi connectivity index (χ1n) is 6.13. The highest BCUT2D eigenvalue weighted by Crippen LogP contribution is 2.25. The maximum absolute atomic E-state index is 13.5. The van der Waals surface area contributed by atoms with Crippen LogP contribution < -0.4 is 4.74 Å². The van der Waals surface area contributed by atoms with E-state index in [9.17, 15) is 9.18 Å². The van der Waals surface area contributed by atoms with Crippen molar-refractivity contribution in [1.82, 2.24) is 0 Å². The molecule has 0 atom stereocenters. The van der Waals surface area contributed by atoms with E-state index in [0.717, 1.165) is 10.5 Å². The van der Waals surface area contributed by atoms with Crippen molar-refractivity contribution in [2.75, 3.05) is 0 Å². The second-order valence-electron chi connectivity index (χ2n) is 4.23. The topological polar surface area (TPSA) is 46.5 Å². The Kier molecular flexibility index (Phi) is 5.11. The molecule has 0 heterocycles. The predicted octanol–water partition coefficient (Wildman–Crippen LogP) is 4.27. The van der Waals surface area contributed by atoms with Crippen molar-refractivity contribution >= 4 is 28.0 Å². The third-order valence-electron chi connectivity index (χ3n) is 2.72. The molecule has 2 aromatic rings. The zero-order valence-corrected chi connectivity index (χ0v) is 12.5. The van der Waals surface area contributed by atoms with Gasteiger partial charge in [0.1, 0.15) is 18.2 Å². The summed E-state index contributed by atoms with van der Waals surface area (Å²) in [6, 6.07) is 11.6. The maximum Gasteiger partial charge on any atom is 0.328 e. The summed E-state index contributed by atoms with van der Waals surface area (Å²) >= 11 is 3.31. The normalized spacial score (nSPS) is 10.8. The smallest absolute Gasteiger partial charge is 0.328 e. The van der Waals surface area contributed by atoms with Crippen LogP contribution >= 0.6 is 15.9 Å². The van der Waals surface area contributed by atoms with Crippen molar-refractivity contribution in [1.29, 1.82) is 0 Å². The maximum atomic E-state index is 13.5. The molecule has 0 radical (unpaired) electrons. The molecule has 0 aliphatic heterocycles. The first kappa shape index (κ1) is 15.3. The van der Waals surface area contributed by atoms with E-state index in [0.29, 0.717) is 16.9 Å². The van der Waals surface area contributed by atoms with Crippen LogP contribution in [0.3, 0.4) is 0 Å². The van der Waals surface area contributed by atoms with E-state index in [-0.39, 0.29) is 12.4 Å². The molecule has 2 rings (SSSR count). The van der Waals surface area contributed by atoms with Crippen LogP contribution in [0, 0.1) is 5.82 Å². The Morgan fingerprint density at radius 3 is 2.76 bits per heavy atom. The lowest BCUT2D eigenvalue weighted by Crippen LogP contribution is -1.99. The van der Waals surface area contributed by atoms with Gasteiger partial charge in [-0.3, -0.25) is 0 Å². The number of carbonyl (C=O) groups is 1. The molecule has 0 saturated heterocycles. The standard InChI is InChI=1S/C16H12BrFO3/c17-13-6-7-15(11(9-13)5-8-16(19)20)21-10-12-3-1-2-4-14(12)18/h1-9H,10H2,(H,19,20)/b8-5+. The van der Waals surface area contributed by atoms with Gasteiger partial charge >= 0.3 is 5.97 Å². The van der Waals surface area contributed by atoms with Gasteiger partial charge in [0, 0.05) is 21.7 Å². The van der Waals surface area contributed by atoms with E-state index in [4.69, 9.17) is 9.84 Å². The molecule has 0 aliphatic rings. The zero-order chi connectivity index (χ0) is 15.2. The fourth-order valence-corrected chi connectivity index (χ4v) is 2.09. The van der Waals surface area contributed by atoms with Crippen LogP contribution in [0.1, 0.15) is 11.1 Å². The van der Waals surface area contributed by atoms with Crippen LogP contribution in [0.2, 0.25) is 0 Å². The summed E-state index contributed by atoms with van der Waals surface area (Å²) in [5, 5.41) is 8.69. The molecule has 0 aliphatic carbocycles. The molecule has 21 heavy (non-hydrogen) atoms. The number of carboxylic acids is 1. The van der Waals surface area contributed by atoms with Gasteiger partial charge in [-0.15, -0.1) is 0 Å². The Hall–Kier alpha value is -2.14. The molecule has 2 aromatic carbocycles. The molecule has 5 heteroatoms. The van der Waals surface area contributed by atoms with Crippen LogP contribution in [0.4, 0.5) is 4.39 Å². The summed E-state index contributed by atoms with van der Waals surface area (Å²) in [4.78, 5) is 10.6. The van der Waals surface area contributed by atoms with Crippen molar-refractivity contribution in [3.05, 3.63) is 70.0 Å². The Morgan fingerprint density at radius 2 is 2.05 bits per heavy atom. The first-order valence-corrected chi connectivity index (χ1v) is 6.92. The number of halogens is 2. The van der Waals surface area contributed by atoms with Gasteiger partial charge in [0.25, 0.3) is 0 Å². The van der Waals surface area contributed by atoms with E-state index in [1.165, 1.54) is 12.1 Å². The molecular weight excluding hydrogens is 339 g/mol. The van der Waals surface area contributed by atoms with Crippen LogP contribution in [0.15, 0.2) is 53.0 Å². The fourth-order valence-electron chi connectivity index (χ4n) is 1.71. The summed E-state index contributed by atoms with van der Waals surface area (Å²) in [6.45, 7) is 0.0716. The Balaban J connectivity index is 2.20. The molecule has 0 fully saturated rings. The van der Waals surface area contributed by atoms with E-state index in [1.54, 1.807) is 36.4 Å². The van der Waals surface area contributed by atoms with Crippen molar-refractivity contribution < 1.29 is 19.0 Å². The van der Waals surface area contributed by atoms with Gasteiger partial charge in [-0.05, 0) is 30.3 Å². The van der Waals surface area contributed by atoms with Gasteiger partial charge in [-0.2, -0.15) is 0 Å². The number of carboxylic acid groups (broad SMARTS) is 1. The Morgan fingerprint density at radius 1 is 1.29 bits per heavy atom. The summed E-state index contributed by atoms with van der Waals surface area (Å²) in [7, 11) is 0.